The van der Waals surface area contributed by atoms with Crippen LogP contribution in [0.15, 0.2) is 24.3 Å². The van der Waals surface area contributed by atoms with Gasteiger partial charge in [0.15, 0.2) is 6.10 Å². The minimum atomic E-state index is -0.907. The maximum atomic E-state index is 11.0. The van der Waals surface area contributed by atoms with Gasteiger partial charge in [-0.3, -0.25) is 0 Å². The molecule has 0 spiro atoms. The molecule has 0 aliphatic rings. The third-order valence-corrected chi connectivity index (χ3v) is 2.22. The van der Waals surface area contributed by atoms with E-state index in [1.54, 1.807) is 0 Å². The van der Waals surface area contributed by atoms with E-state index in [1.807, 2.05) is 45.0 Å². The van der Waals surface area contributed by atoms with Crippen molar-refractivity contribution in [2.75, 3.05) is 0 Å². The Hall–Kier alpha value is -1.35. The molecule has 0 radical (unpaired) electrons. The second-order valence-electron chi connectivity index (χ2n) is 4.20. The van der Waals surface area contributed by atoms with E-state index < -0.39 is 12.1 Å². The molecule has 0 saturated heterocycles. The largest absolute Gasteiger partial charge is 0.479 e. The van der Waals surface area contributed by atoms with Crippen molar-refractivity contribution in [3.05, 3.63) is 35.4 Å². The zero-order valence-electron chi connectivity index (χ0n) is 9.93. The van der Waals surface area contributed by atoms with Crippen LogP contribution >= 0.6 is 0 Å². The van der Waals surface area contributed by atoms with Crippen LogP contribution in [0.5, 0.6) is 0 Å². The summed E-state index contributed by atoms with van der Waals surface area (Å²) in [6.07, 6.45) is -0.428. The molecule has 0 amide bonds. The van der Waals surface area contributed by atoms with Crippen molar-refractivity contribution in [1.29, 1.82) is 0 Å². The van der Waals surface area contributed by atoms with E-state index in [-0.39, 0.29) is 6.10 Å². The van der Waals surface area contributed by atoms with Crippen LogP contribution in [0.4, 0.5) is 0 Å². The molecule has 3 heteroatoms. The lowest BCUT2D eigenvalue weighted by Gasteiger charge is -2.16. The molecule has 1 aromatic carbocycles. The maximum absolute atomic E-state index is 11.0. The first kappa shape index (κ1) is 12.7. The van der Waals surface area contributed by atoms with Crippen LogP contribution < -0.4 is 0 Å². The number of carboxylic acids is 1. The summed E-state index contributed by atoms with van der Waals surface area (Å²) in [7, 11) is 0. The SMILES string of the molecule is Cc1cccc(CC(OC(C)C)C(=O)O)c1. The van der Waals surface area contributed by atoms with E-state index in [0.29, 0.717) is 6.42 Å². The Morgan fingerprint density at radius 1 is 1.44 bits per heavy atom. The van der Waals surface area contributed by atoms with E-state index in [2.05, 4.69) is 0 Å². The zero-order chi connectivity index (χ0) is 12.1. The Bertz CT molecular complexity index is 358. The fraction of sp³-hybridized carbons (Fsp3) is 0.462. The molecule has 0 fully saturated rings. The summed E-state index contributed by atoms with van der Waals surface area (Å²) in [4.78, 5) is 11.0. The van der Waals surface area contributed by atoms with Crippen molar-refractivity contribution in [2.24, 2.45) is 0 Å². The Morgan fingerprint density at radius 2 is 2.12 bits per heavy atom. The van der Waals surface area contributed by atoms with Gasteiger partial charge in [-0.05, 0) is 26.3 Å². The molecule has 1 aromatic rings. The monoisotopic (exact) mass is 222 g/mol. The first-order valence-electron chi connectivity index (χ1n) is 5.43. The molecule has 3 nitrogen and oxygen atoms in total. The summed E-state index contributed by atoms with van der Waals surface area (Å²) in [5.41, 5.74) is 2.12. The van der Waals surface area contributed by atoms with Crippen molar-refractivity contribution in [3.8, 4) is 0 Å². The highest BCUT2D eigenvalue weighted by Gasteiger charge is 2.19. The summed E-state index contributed by atoms with van der Waals surface area (Å²) in [5.74, 6) is -0.907. The van der Waals surface area contributed by atoms with Gasteiger partial charge in [-0.15, -0.1) is 0 Å². The summed E-state index contributed by atoms with van der Waals surface area (Å²) < 4.78 is 5.36. The Morgan fingerprint density at radius 3 is 2.62 bits per heavy atom. The van der Waals surface area contributed by atoms with Gasteiger partial charge in [-0.2, -0.15) is 0 Å². The van der Waals surface area contributed by atoms with Crippen molar-refractivity contribution in [2.45, 2.75) is 39.4 Å². The Kier molecular flexibility index (Phi) is 4.50. The van der Waals surface area contributed by atoms with E-state index in [4.69, 9.17) is 9.84 Å². The summed E-state index contributed by atoms with van der Waals surface area (Å²) in [6, 6.07) is 7.83. The summed E-state index contributed by atoms with van der Waals surface area (Å²) in [5, 5.41) is 9.03. The number of carboxylic acid groups (broad SMARTS) is 1. The molecule has 1 atom stereocenters. The fourth-order valence-corrected chi connectivity index (χ4v) is 1.58. The minimum absolute atomic E-state index is 0.0779. The number of rotatable bonds is 5. The van der Waals surface area contributed by atoms with E-state index >= 15 is 0 Å². The summed E-state index contributed by atoms with van der Waals surface area (Å²) in [6.45, 7) is 5.67. The Balaban J connectivity index is 2.71. The zero-order valence-corrected chi connectivity index (χ0v) is 9.93. The molecule has 1 rings (SSSR count). The smallest absolute Gasteiger partial charge is 0.333 e. The van der Waals surface area contributed by atoms with Crippen LogP contribution in [-0.2, 0) is 16.0 Å². The van der Waals surface area contributed by atoms with E-state index in [9.17, 15) is 4.79 Å². The van der Waals surface area contributed by atoms with Crippen LogP contribution in [0.3, 0.4) is 0 Å². The van der Waals surface area contributed by atoms with Gasteiger partial charge in [0.2, 0.25) is 0 Å². The van der Waals surface area contributed by atoms with Crippen molar-refractivity contribution >= 4 is 5.97 Å². The number of ether oxygens (including phenoxy) is 1. The lowest BCUT2D eigenvalue weighted by atomic mass is 10.1. The molecular formula is C13H18O3. The topological polar surface area (TPSA) is 46.5 Å². The number of aryl methyl sites for hydroxylation is 1. The summed E-state index contributed by atoms with van der Waals surface area (Å²) >= 11 is 0. The number of carbonyl (C=O) groups is 1. The van der Waals surface area contributed by atoms with Crippen LogP contribution in [0.1, 0.15) is 25.0 Å². The molecule has 88 valence electrons. The first-order chi connectivity index (χ1) is 7.49. The molecule has 0 aliphatic carbocycles. The number of hydrogen-bond acceptors (Lipinski definition) is 2. The second-order valence-corrected chi connectivity index (χ2v) is 4.20. The normalized spacial score (nSPS) is 12.8. The number of hydrogen-bond donors (Lipinski definition) is 1. The van der Waals surface area contributed by atoms with Crippen LogP contribution in [0.25, 0.3) is 0 Å². The molecule has 0 saturated carbocycles. The van der Waals surface area contributed by atoms with Gasteiger partial charge < -0.3 is 9.84 Å². The Labute approximate surface area is 96.1 Å². The quantitative estimate of drug-likeness (QED) is 0.832. The van der Waals surface area contributed by atoms with Gasteiger partial charge in [-0.25, -0.2) is 4.79 Å². The maximum Gasteiger partial charge on any atom is 0.333 e. The van der Waals surface area contributed by atoms with Gasteiger partial charge >= 0.3 is 5.97 Å². The third kappa shape index (κ3) is 4.03. The highest BCUT2D eigenvalue weighted by Crippen LogP contribution is 2.10. The molecule has 0 bridgehead atoms. The van der Waals surface area contributed by atoms with Crippen LogP contribution in [0.2, 0.25) is 0 Å². The van der Waals surface area contributed by atoms with Gasteiger partial charge in [0.1, 0.15) is 0 Å². The van der Waals surface area contributed by atoms with Crippen LogP contribution in [-0.4, -0.2) is 23.3 Å². The first-order valence-corrected chi connectivity index (χ1v) is 5.43. The second kappa shape index (κ2) is 5.66. The van der Waals surface area contributed by atoms with Crippen LogP contribution in [0, 0.1) is 6.92 Å². The predicted octanol–water partition coefficient (Wildman–Crippen LogP) is 2.42. The van der Waals surface area contributed by atoms with Gasteiger partial charge in [0, 0.05) is 6.42 Å². The standard InChI is InChI=1S/C13H18O3/c1-9(2)16-12(13(14)15)8-11-6-4-5-10(3)7-11/h4-7,9,12H,8H2,1-3H3,(H,14,15). The molecule has 0 heterocycles. The van der Waals surface area contributed by atoms with Crippen molar-refractivity contribution in [1.82, 2.24) is 0 Å². The highest BCUT2D eigenvalue weighted by atomic mass is 16.5. The van der Waals surface area contributed by atoms with Gasteiger partial charge in [0.05, 0.1) is 6.10 Å². The average molecular weight is 222 g/mol. The average Bonchev–Trinajstić information content (AvgIpc) is 2.15. The fourth-order valence-electron chi connectivity index (χ4n) is 1.58. The van der Waals surface area contributed by atoms with Gasteiger partial charge in [-0.1, -0.05) is 29.8 Å². The molecule has 1 unspecified atom stereocenters. The highest BCUT2D eigenvalue weighted by molar-refractivity contribution is 5.72. The third-order valence-electron chi connectivity index (χ3n) is 2.22. The van der Waals surface area contributed by atoms with E-state index in [0.717, 1.165) is 11.1 Å². The molecule has 16 heavy (non-hydrogen) atoms. The van der Waals surface area contributed by atoms with Gasteiger partial charge in [0.25, 0.3) is 0 Å². The number of aliphatic carboxylic acids is 1. The molecular weight excluding hydrogens is 204 g/mol. The minimum Gasteiger partial charge on any atom is -0.479 e. The molecule has 0 aliphatic heterocycles. The van der Waals surface area contributed by atoms with E-state index in [1.165, 1.54) is 0 Å². The molecule has 1 N–H and O–H groups in total. The van der Waals surface area contributed by atoms with Crippen molar-refractivity contribution in [3.63, 3.8) is 0 Å². The lowest BCUT2D eigenvalue weighted by molar-refractivity contribution is -0.153. The van der Waals surface area contributed by atoms with Crippen molar-refractivity contribution < 1.29 is 14.6 Å². The number of benzene rings is 1. The lowest BCUT2D eigenvalue weighted by Crippen LogP contribution is -2.29. The predicted molar refractivity (Wildman–Crippen MR) is 62.5 cm³/mol. The molecule has 0 aromatic heterocycles.